The molecule has 0 aromatic rings. The van der Waals surface area contributed by atoms with Crippen LogP contribution in [0.2, 0.25) is 0 Å². The summed E-state index contributed by atoms with van der Waals surface area (Å²) in [5.41, 5.74) is 1.93. The topological polar surface area (TPSA) is 6.48 Å². The van der Waals surface area contributed by atoms with Gasteiger partial charge in [0.25, 0.3) is 0 Å². The Morgan fingerprint density at radius 2 is 1.62 bits per heavy atom. The van der Waals surface area contributed by atoms with Crippen LogP contribution in [-0.2, 0) is 0 Å². The number of rotatable bonds is 1. The Labute approximate surface area is 130 Å². The van der Waals surface area contributed by atoms with Crippen LogP contribution in [-0.4, -0.2) is 47.6 Å². The summed E-state index contributed by atoms with van der Waals surface area (Å²) < 4.78 is 0. The zero-order chi connectivity index (χ0) is 14.3. The normalized spacial score (nSPS) is 56.9. The highest BCUT2D eigenvalue weighted by Gasteiger charge is 2.62. The standard InChI is InChI=1S/C19H32N2/c1-17-8-15-9-18(2,12-17)14-19(10-15,13-17)21-7-6-20-5-3-4-16(20)11-21/h15-16H,3-14H2,1-2H3. The molecule has 4 saturated carbocycles. The first-order valence-electron chi connectivity index (χ1n) is 9.47. The summed E-state index contributed by atoms with van der Waals surface area (Å²) in [6.45, 7) is 10.7. The van der Waals surface area contributed by atoms with Gasteiger partial charge in [0.2, 0.25) is 0 Å². The molecular weight excluding hydrogens is 256 g/mol. The van der Waals surface area contributed by atoms with Crippen LogP contribution in [0.1, 0.15) is 65.2 Å². The van der Waals surface area contributed by atoms with E-state index >= 15 is 0 Å². The maximum Gasteiger partial charge on any atom is 0.0224 e. The highest BCUT2D eigenvalue weighted by atomic mass is 15.3. The zero-order valence-corrected chi connectivity index (χ0v) is 14.0. The van der Waals surface area contributed by atoms with Crippen LogP contribution in [0, 0.1) is 16.7 Å². The van der Waals surface area contributed by atoms with Gasteiger partial charge in [0, 0.05) is 31.2 Å². The highest BCUT2D eigenvalue weighted by molar-refractivity contribution is 5.15. The molecule has 0 N–H and O–H groups in total. The van der Waals surface area contributed by atoms with Crippen molar-refractivity contribution in [2.45, 2.75) is 76.8 Å². The minimum absolute atomic E-state index is 0.595. The van der Waals surface area contributed by atoms with Gasteiger partial charge in [0.1, 0.15) is 0 Å². The molecule has 21 heavy (non-hydrogen) atoms. The monoisotopic (exact) mass is 288 g/mol. The lowest BCUT2D eigenvalue weighted by molar-refractivity contribution is -0.170. The largest absolute Gasteiger partial charge is 0.298 e. The van der Waals surface area contributed by atoms with Crippen molar-refractivity contribution < 1.29 is 0 Å². The minimum atomic E-state index is 0.595. The maximum absolute atomic E-state index is 3.00. The Morgan fingerprint density at radius 3 is 2.33 bits per heavy atom. The van der Waals surface area contributed by atoms with Gasteiger partial charge < -0.3 is 0 Å². The molecular formula is C19H32N2. The average Bonchev–Trinajstić information content (AvgIpc) is 2.81. The summed E-state index contributed by atoms with van der Waals surface area (Å²) in [4.78, 5) is 5.78. The van der Waals surface area contributed by atoms with Gasteiger partial charge in [0.05, 0.1) is 0 Å². The third kappa shape index (κ3) is 1.91. The lowest BCUT2D eigenvalue weighted by Gasteiger charge is -2.68. The molecule has 118 valence electrons. The molecule has 2 heteroatoms. The van der Waals surface area contributed by atoms with Gasteiger partial charge in [-0.05, 0) is 74.7 Å². The second-order valence-electron chi connectivity index (χ2n) is 10.1. The predicted molar refractivity (Wildman–Crippen MR) is 86.3 cm³/mol. The molecule has 2 nitrogen and oxygen atoms in total. The van der Waals surface area contributed by atoms with Crippen LogP contribution in [0.25, 0.3) is 0 Å². The van der Waals surface area contributed by atoms with E-state index in [1.165, 1.54) is 77.5 Å². The first-order chi connectivity index (χ1) is 9.98. The summed E-state index contributed by atoms with van der Waals surface area (Å²) >= 11 is 0. The lowest BCUT2D eigenvalue weighted by Crippen LogP contribution is -2.68. The van der Waals surface area contributed by atoms with Crippen molar-refractivity contribution in [3.05, 3.63) is 0 Å². The van der Waals surface area contributed by atoms with Gasteiger partial charge in [-0.3, -0.25) is 9.80 Å². The SMILES string of the molecule is CC12CC3CC(C)(C1)CC(N1CCN4CCCC4C1)(C3)C2. The molecule has 0 amide bonds. The van der Waals surface area contributed by atoms with Crippen molar-refractivity contribution in [3.8, 4) is 0 Å². The second kappa shape index (κ2) is 4.06. The third-order valence-electron chi connectivity index (χ3n) is 7.85. The molecule has 3 atom stereocenters. The molecule has 6 aliphatic rings. The van der Waals surface area contributed by atoms with Gasteiger partial charge in [-0.15, -0.1) is 0 Å². The predicted octanol–water partition coefficient (Wildman–Crippen LogP) is 3.52. The fourth-order valence-electron chi connectivity index (χ4n) is 8.16. The van der Waals surface area contributed by atoms with E-state index in [2.05, 4.69) is 23.6 Å². The molecule has 0 aromatic heterocycles. The third-order valence-corrected chi connectivity index (χ3v) is 7.85. The van der Waals surface area contributed by atoms with Crippen LogP contribution in [0.3, 0.4) is 0 Å². The quantitative estimate of drug-likeness (QED) is 0.728. The summed E-state index contributed by atoms with van der Waals surface area (Å²) in [5, 5.41) is 0. The van der Waals surface area contributed by atoms with Crippen molar-refractivity contribution in [1.82, 2.24) is 9.80 Å². The first kappa shape index (κ1) is 13.4. The van der Waals surface area contributed by atoms with E-state index in [-0.39, 0.29) is 0 Å². The van der Waals surface area contributed by atoms with Crippen molar-refractivity contribution in [2.24, 2.45) is 16.7 Å². The van der Waals surface area contributed by atoms with Crippen molar-refractivity contribution in [3.63, 3.8) is 0 Å². The first-order valence-corrected chi connectivity index (χ1v) is 9.47. The Balaban J connectivity index is 1.45. The highest BCUT2D eigenvalue weighted by Crippen LogP contribution is 2.67. The Bertz CT molecular complexity index is 440. The molecule has 2 aliphatic heterocycles. The van der Waals surface area contributed by atoms with Gasteiger partial charge in [-0.2, -0.15) is 0 Å². The van der Waals surface area contributed by atoms with E-state index in [4.69, 9.17) is 0 Å². The van der Waals surface area contributed by atoms with E-state index in [1.54, 1.807) is 0 Å². The molecule has 0 radical (unpaired) electrons. The Kier molecular flexibility index (Phi) is 2.58. The summed E-state index contributed by atoms with van der Waals surface area (Å²) in [6, 6.07) is 0.896. The molecule has 3 unspecified atom stereocenters. The van der Waals surface area contributed by atoms with Crippen LogP contribution < -0.4 is 0 Å². The van der Waals surface area contributed by atoms with Gasteiger partial charge in [0.15, 0.2) is 0 Å². The zero-order valence-electron chi connectivity index (χ0n) is 14.0. The van der Waals surface area contributed by atoms with E-state index in [1.807, 2.05) is 0 Å². The number of piperazine rings is 1. The van der Waals surface area contributed by atoms with Crippen molar-refractivity contribution in [2.75, 3.05) is 26.2 Å². The lowest BCUT2D eigenvalue weighted by atomic mass is 9.42. The average molecular weight is 288 g/mol. The summed E-state index contributed by atoms with van der Waals surface area (Å²) in [5.74, 6) is 1.04. The summed E-state index contributed by atoms with van der Waals surface area (Å²) in [6.07, 6.45) is 12.1. The van der Waals surface area contributed by atoms with Gasteiger partial charge in [-0.1, -0.05) is 13.8 Å². The summed E-state index contributed by atoms with van der Waals surface area (Å²) in [7, 11) is 0. The van der Waals surface area contributed by atoms with E-state index in [0.717, 1.165) is 12.0 Å². The Morgan fingerprint density at radius 1 is 0.857 bits per heavy atom. The van der Waals surface area contributed by atoms with Crippen LogP contribution in [0.15, 0.2) is 0 Å². The molecule has 6 rings (SSSR count). The molecule has 4 aliphatic carbocycles. The van der Waals surface area contributed by atoms with Gasteiger partial charge in [-0.25, -0.2) is 0 Å². The van der Waals surface area contributed by atoms with Crippen LogP contribution in [0.4, 0.5) is 0 Å². The molecule has 0 aromatic carbocycles. The van der Waals surface area contributed by atoms with E-state index < -0.39 is 0 Å². The second-order valence-corrected chi connectivity index (χ2v) is 10.1. The molecule has 2 heterocycles. The number of hydrogen-bond donors (Lipinski definition) is 0. The van der Waals surface area contributed by atoms with E-state index in [0.29, 0.717) is 16.4 Å². The van der Waals surface area contributed by atoms with Crippen molar-refractivity contribution >= 4 is 0 Å². The smallest absolute Gasteiger partial charge is 0.0224 e. The molecule has 0 spiro atoms. The Hall–Kier alpha value is -0.0800. The fraction of sp³-hybridized carbons (Fsp3) is 1.00. The minimum Gasteiger partial charge on any atom is -0.298 e. The van der Waals surface area contributed by atoms with Crippen molar-refractivity contribution in [1.29, 1.82) is 0 Å². The van der Waals surface area contributed by atoms with Crippen LogP contribution >= 0.6 is 0 Å². The van der Waals surface area contributed by atoms with E-state index in [9.17, 15) is 0 Å². The molecule has 2 saturated heterocycles. The maximum atomic E-state index is 3.00. The fourth-order valence-corrected chi connectivity index (χ4v) is 8.16. The number of nitrogens with zero attached hydrogens (tertiary/aromatic N) is 2. The van der Waals surface area contributed by atoms with Crippen LogP contribution in [0.5, 0.6) is 0 Å². The molecule has 4 bridgehead atoms. The number of fused-ring (bicyclic) bond motifs is 1. The van der Waals surface area contributed by atoms with Gasteiger partial charge >= 0.3 is 0 Å². The number of hydrogen-bond acceptors (Lipinski definition) is 2. The molecule has 6 fully saturated rings.